The zero-order valence-electron chi connectivity index (χ0n) is 13.7. The normalized spacial score (nSPS) is 11.7. The molecule has 0 unspecified atom stereocenters. The van der Waals surface area contributed by atoms with Gasteiger partial charge in [0.15, 0.2) is 11.6 Å². The molecule has 0 bridgehead atoms. The fraction of sp³-hybridized carbons (Fsp3) is 0.438. The molecule has 0 aromatic carbocycles. The molecule has 116 valence electrons. The Morgan fingerprint density at radius 3 is 2.64 bits per heavy atom. The summed E-state index contributed by atoms with van der Waals surface area (Å²) < 4.78 is 8.98. The second-order valence-electron chi connectivity index (χ2n) is 5.82. The summed E-state index contributed by atoms with van der Waals surface area (Å²) in [7, 11) is 5.56. The maximum absolute atomic E-state index is 5.13. The van der Waals surface area contributed by atoms with Gasteiger partial charge >= 0.3 is 0 Å². The number of pyridine rings is 1. The lowest BCUT2D eigenvalue weighted by atomic mass is 10.1. The molecule has 0 aliphatic rings. The van der Waals surface area contributed by atoms with Crippen LogP contribution in [0.25, 0.3) is 22.6 Å². The van der Waals surface area contributed by atoms with Crippen LogP contribution >= 0.6 is 0 Å². The molecule has 0 radical (unpaired) electrons. The maximum atomic E-state index is 5.13. The van der Waals surface area contributed by atoms with Gasteiger partial charge in [-0.25, -0.2) is 9.97 Å². The molecule has 0 aliphatic heterocycles. The molecule has 0 spiro atoms. The quantitative estimate of drug-likeness (QED) is 0.743. The molecule has 3 heterocycles. The van der Waals surface area contributed by atoms with E-state index in [-0.39, 0.29) is 0 Å². The van der Waals surface area contributed by atoms with Gasteiger partial charge in [0, 0.05) is 27.4 Å². The second kappa shape index (κ2) is 5.53. The molecule has 0 aliphatic carbocycles. The van der Waals surface area contributed by atoms with E-state index >= 15 is 0 Å². The van der Waals surface area contributed by atoms with Crippen molar-refractivity contribution in [2.24, 2.45) is 14.1 Å². The molecule has 0 N–H and O–H groups in total. The van der Waals surface area contributed by atoms with Crippen LogP contribution in [0.15, 0.2) is 18.3 Å². The Kier molecular flexibility index (Phi) is 3.70. The smallest absolute Gasteiger partial charge is 0.200 e. The summed E-state index contributed by atoms with van der Waals surface area (Å²) in [4.78, 5) is 9.32. The Hall–Kier alpha value is -2.21. The first-order chi connectivity index (χ1) is 10.5. The number of fused-ring (bicyclic) bond motifs is 1. The molecule has 0 fully saturated rings. The topological polar surface area (TPSA) is 57.8 Å². The van der Waals surface area contributed by atoms with E-state index < -0.39 is 0 Å². The summed E-state index contributed by atoms with van der Waals surface area (Å²) in [6.07, 6.45) is 2.15. The minimum absolute atomic E-state index is 0.423. The van der Waals surface area contributed by atoms with Crippen molar-refractivity contribution in [1.29, 1.82) is 0 Å². The van der Waals surface area contributed by atoms with Gasteiger partial charge < -0.3 is 9.30 Å². The molecule has 6 heteroatoms. The standard InChI is InChI=1S/C16H21N5O/c1-10(2)11-8-20(3)13-7-6-12(17-15(11)13)16-18-14(9-22-5)21(4)19-16/h6-8,10H,9H2,1-5H3. The highest BCUT2D eigenvalue weighted by molar-refractivity contribution is 5.82. The van der Waals surface area contributed by atoms with E-state index in [0.717, 1.165) is 22.6 Å². The van der Waals surface area contributed by atoms with E-state index in [0.29, 0.717) is 18.3 Å². The monoisotopic (exact) mass is 299 g/mol. The SMILES string of the molecule is COCc1nc(-c2ccc3c(n2)c(C(C)C)cn3C)nn1C. The molecule has 0 atom stereocenters. The second-order valence-corrected chi connectivity index (χ2v) is 5.82. The van der Waals surface area contributed by atoms with Crippen molar-refractivity contribution in [1.82, 2.24) is 24.3 Å². The lowest BCUT2D eigenvalue weighted by Crippen LogP contribution is -2.00. The number of nitrogens with zero attached hydrogens (tertiary/aromatic N) is 5. The average Bonchev–Trinajstić information content (AvgIpc) is 3.01. The van der Waals surface area contributed by atoms with Crippen LogP contribution in [0.1, 0.15) is 31.2 Å². The van der Waals surface area contributed by atoms with Crippen LogP contribution < -0.4 is 0 Å². The van der Waals surface area contributed by atoms with Crippen molar-refractivity contribution in [3.8, 4) is 11.5 Å². The van der Waals surface area contributed by atoms with Crippen molar-refractivity contribution in [3.05, 3.63) is 29.7 Å². The fourth-order valence-electron chi connectivity index (χ4n) is 2.62. The van der Waals surface area contributed by atoms with E-state index in [4.69, 9.17) is 9.72 Å². The zero-order chi connectivity index (χ0) is 15.9. The third kappa shape index (κ3) is 2.39. The van der Waals surface area contributed by atoms with Crippen LogP contribution in [0.5, 0.6) is 0 Å². The predicted molar refractivity (Wildman–Crippen MR) is 85.5 cm³/mol. The van der Waals surface area contributed by atoms with Gasteiger partial charge in [0.05, 0.1) is 11.0 Å². The van der Waals surface area contributed by atoms with Gasteiger partial charge in [0.1, 0.15) is 12.3 Å². The molecule has 0 saturated heterocycles. The number of ether oxygens (including phenoxy) is 1. The molecule has 3 aromatic rings. The van der Waals surface area contributed by atoms with Crippen molar-refractivity contribution in [3.63, 3.8) is 0 Å². The number of hydrogen-bond acceptors (Lipinski definition) is 4. The summed E-state index contributed by atoms with van der Waals surface area (Å²) in [5, 5.41) is 4.44. The summed E-state index contributed by atoms with van der Waals surface area (Å²) in [6.45, 7) is 4.80. The van der Waals surface area contributed by atoms with Gasteiger partial charge in [0.25, 0.3) is 0 Å². The first-order valence-electron chi connectivity index (χ1n) is 7.36. The number of hydrogen-bond donors (Lipinski definition) is 0. The highest BCUT2D eigenvalue weighted by Gasteiger charge is 2.15. The van der Waals surface area contributed by atoms with Crippen LogP contribution in [-0.2, 0) is 25.4 Å². The zero-order valence-corrected chi connectivity index (χ0v) is 13.7. The third-order valence-corrected chi connectivity index (χ3v) is 3.84. The third-order valence-electron chi connectivity index (χ3n) is 3.84. The Morgan fingerprint density at radius 1 is 1.18 bits per heavy atom. The van der Waals surface area contributed by atoms with Crippen molar-refractivity contribution in [2.75, 3.05) is 7.11 Å². The minimum Gasteiger partial charge on any atom is -0.377 e. The van der Waals surface area contributed by atoms with E-state index in [1.54, 1.807) is 11.8 Å². The molecule has 3 aromatic heterocycles. The summed E-state index contributed by atoms with van der Waals surface area (Å²) >= 11 is 0. The van der Waals surface area contributed by atoms with Gasteiger partial charge in [-0.15, -0.1) is 5.10 Å². The lowest BCUT2D eigenvalue weighted by molar-refractivity contribution is 0.174. The molecular weight excluding hydrogens is 278 g/mol. The Morgan fingerprint density at radius 2 is 1.95 bits per heavy atom. The molecule has 6 nitrogen and oxygen atoms in total. The Labute approximate surface area is 129 Å². The van der Waals surface area contributed by atoms with Gasteiger partial charge in [-0.1, -0.05) is 13.8 Å². The van der Waals surface area contributed by atoms with Gasteiger partial charge in [-0.3, -0.25) is 4.68 Å². The number of aromatic nitrogens is 5. The maximum Gasteiger partial charge on any atom is 0.200 e. The van der Waals surface area contributed by atoms with Crippen LogP contribution in [0.3, 0.4) is 0 Å². The van der Waals surface area contributed by atoms with Crippen LogP contribution in [-0.4, -0.2) is 31.4 Å². The first kappa shape index (κ1) is 14.7. The minimum atomic E-state index is 0.423. The van der Waals surface area contributed by atoms with E-state index in [1.165, 1.54) is 5.56 Å². The summed E-state index contributed by atoms with van der Waals surface area (Å²) in [6, 6.07) is 4.05. The molecule has 0 amide bonds. The molecule has 3 rings (SSSR count). The van der Waals surface area contributed by atoms with Crippen molar-refractivity contribution in [2.45, 2.75) is 26.4 Å². The predicted octanol–water partition coefficient (Wildman–Crippen LogP) is 2.64. The highest BCUT2D eigenvalue weighted by atomic mass is 16.5. The van der Waals surface area contributed by atoms with Crippen molar-refractivity contribution < 1.29 is 4.74 Å². The fourth-order valence-corrected chi connectivity index (χ4v) is 2.62. The van der Waals surface area contributed by atoms with Gasteiger partial charge in [0.2, 0.25) is 0 Å². The van der Waals surface area contributed by atoms with Crippen LogP contribution in [0.4, 0.5) is 0 Å². The average molecular weight is 299 g/mol. The number of aryl methyl sites for hydroxylation is 2. The molecule has 22 heavy (non-hydrogen) atoms. The number of rotatable bonds is 4. The Balaban J connectivity index is 2.12. The lowest BCUT2D eigenvalue weighted by Gasteiger charge is -2.02. The Bertz CT molecular complexity index is 815. The van der Waals surface area contributed by atoms with Gasteiger partial charge in [-0.05, 0) is 23.6 Å². The first-order valence-corrected chi connectivity index (χ1v) is 7.36. The van der Waals surface area contributed by atoms with E-state index in [2.05, 4.69) is 40.8 Å². The van der Waals surface area contributed by atoms with Crippen molar-refractivity contribution >= 4 is 11.0 Å². The summed E-state index contributed by atoms with van der Waals surface area (Å²) in [5.74, 6) is 1.85. The van der Waals surface area contributed by atoms with Crippen LogP contribution in [0, 0.1) is 0 Å². The van der Waals surface area contributed by atoms with E-state index in [9.17, 15) is 0 Å². The molecular formula is C16H21N5O. The van der Waals surface area contributed by atoms with Gasteiger partial charge in [-0.2, -0.15) is 0 Å². The van der Waals surface area contributed by atoms with Crippen LogP contribution in [0.2, 0.25) is 0 Å². The molecule has 0 saturated carbocycles. The largest absolute Gasteiger partial charge is 0.377 e. The summed E-state index contributed by atoms with van der Waals surface area (Å²) in [5.41, 5.74) is 4.18. The highest BCUT2D eigenvalue weighted by Crippen LogP contribution is 2.27. The number of methoxy groups -OCH3 is 1. The van der Waals surface area contributed by atoms with E-state index in [1.807, 2.05) is 20.2 Å².